The fourth-order valence-electron chi connectivity index (χ4n) is 2.98. The molecule has 3 aromatic rings. The molecule has 26 heavy (non-hydrogen) atoms. The maximum absolute atomic E-state index is 12.5. The van der Waals surface area contributed by atoms with Crippen LogP contribution in [0.5, 0.6) is 11.5 Å². The molecular weight excluding hydrogens is 328 g/mol. The number of fused-ring (bicyclic) bond motifs is 1. The number of carbonyl (C=O) groups is 1. The fraction of sp³-hybridized carbons (Fsp3) is 0.238. The number of pyridine rings is 1. The molecule has 0 aliphatic carbocycles. The molecule has 1 unspecified atom stereocenters. The van der Waals surface area contributed by atoms with Crippen molar-refractivity contribution in [3.8, 4) is 11.5 Å². The highest BCUT2D eigenvalue weighted by molar-refractivity contribution is 5.87. The lowest BCUT2D eigenvalue weighted by atomic mass is 10.0. The van der Waals surface area contributed by atoms with Gasteiger partial charge in [-0.2, -0.15) is 0 Å². The summed E-state index contributed by atoms with van der Waals surface area (Å²) in [6, 6.07) is 15.3. The van der Waals surface area contributed by atoms with Crippen molar-refractivity contribution in [2.24, 2.45) is 0 Å². The third kappa shape index (κ3) is 3.77. The number of amides is 1. The average molecular weight is 350 g/mol. The minimum atomic E-state index is -0.148. The average Bonchev–Trinajstić information content (AvgIpc) is 2.67. The predicted octanol–water partition coefficient (Wildman–Crippen LogP) is 3.67. The van der Waals surface area contributed by atoms with Gasteiger partial charge in [0.15, 0.2) is 11.5 Å². The molecule has 0 saturated carbocycles. The van der Waals surface area contributed by atoms with Crippen LogP contribution in [-0.2, 0) is 11.2 Å². The lowest BCUT2D eigenvalue weighted by molar-refractivity contribution is -0.121. The minimum absolute atomic E-state index is 0.0505. The number of ether oxygens (including phenoxy) is 2. The third-order valence-corrected chi connectivity index (χ3v) is 4.35. The van der Waals surface area contributed by atoms with E-state index in [-0.39, 0.29) is 18.4 Å². The normalized spacial score (nSPS) is 11.8. The standard InChI is InChI=1S/C21H22N2O3/c1-14(16-9-10-18(25-2)19(12-16)26-3)23-20(24)13-17-7-4-6-15-8-5-11-22-21(15)17/h4-12,14H,13H2,1-3H3,(H,23,24). The maximum atomic E-state index is 12.5. The zero-order chi connectivity index (χ0) is 18.5. The van der Waals surface area contributed by atoms with Crippen molar-refractivity contribution in [3.05, 3.63) is 65.9 Å². The van der Waals surface area contributed by atoms with E-state index in [2.05, 4.69) is 10.3 Å². The Morgan fingerprint density at radius 1 is 1.08 bits per heavy atom. The Bertz CT molecular complexity index is 919. The Morgan fingerprint density at radius 2 is 1.85 bits per heavy atom. The Morgan fingerprint density at radius 3 is 2.62 bits per heavy atom. The summed E-state index contributed by atoms with van der Waals surface area (Å²) in [7, 11) is 3.19. The largest absolute Gasteiger partial charge is 0.493 e. The van der Waals surface area contributed by atoms with Crippen molar-refractivity contribution in [3.63, 3.8) is 0 Å². The van der Waals surface area contributed by atoms with Gasteiger partial charge in [0.25, 0.3) is 0 Å². The highest BCUT2D eigenvalue weighted by atomic mass is 16.5. The summed E-state index contributed by atoms with van der Waals surface area (Å²) in [5, 5.41) is 4.07. The summed E-state index contributed by atoms with van der Waals surface area (Å²) in [4.78, 5) is 16.9. The van der Waals surface area contributed by atoms with Crippen LogP contribution < -0.4 is 14.8 Å². The highest BCUT2D eigenvalue weighted by Crippen LogP contribution is 2.30. The van der Waals surface area contributed by atoms with E-state index >= 15 is 0 Å². The zero-order valence-corrected chi connectivity index (χ0v) is 15.2. The Kier molecular flexibility index (Phi) is 5.37. The molecule has 1 amide bonds. The summed E-state index contributed by atoms with van der Waals surface area (Å²) >= 11 is 0. The topological polar surface area (TPSA) is 60.5 Å². The van der Waals surface area contributed by atoms with Crippen molar-refractivity contribution in [2.45, 2.75) is 19.4 Å². The Labute approximate surface area is 153 Å². The number of rotatable bonds is 6. The van der Waals surface area contributed by atoms with Crippen molar-refractivity contribution in [1.82, 2.24) is 10.3 Å². The van der Waals surface area contributed by atoms with Crippen LogP contribution in [0.1, 0.15) is 24.1 Å². The van der Waals surface area contributed by atoms with Gasteiger partial charge in [0.1, 0.15) is 0 Å². The van der Waals surface area contributed by atoms with Crippen LogP contribution in [0.15, 0.2) is 54.7 Å². The van der Waals surface area contributed by atoms with Gasteiger partial charge in [-0.1, -0.05) is 30.3 Å². The van der Waals surface area contributed by atoms with E-state index in [0.717, 1.165) is 22.0 Å². The molecule has 1 atom stereocenters. The number of hydrogen-bond acceptors (Lipinski definition) is 4. The van der Waals surface area contributed by atoms with Crippen LogP contribution in [-0.4, -0.2) is 25.1 Å². The Hall–Kier alpha value is -3.08. The molecule has 0 saturated heterocycles. The number of nitrogens with zero attached hydrogens (tertiary/aromatic N) is 1. The van der Waals surface area contributed by atoms with Gasteiger partial charge in [-0.25, -0.2) is 0 Å². The molecule has 1 aromatic heterocycles. The van der Waals surface area contributed by atoms with Gasteiger partial charge in [0.2, 0.25) is 5.91 Å². The maximum Gasteiger partial charge on any atom is 0.224 e. The number of methoxy groups -OCH3 is 2. The summed E-state index contributed by atoms with van der Waals surface area (Å²) in [6.45, 7) is 1.94. The molecule has 134 valence electrons. The van der Waals surface area contributed by atoms with Crippen molar-refractivity contribution in [1.29, 1.82) is 0 Å². The second kappa shape index (κ2) is 7.87. The molecule has 1 N–H and O–H groups in total. The highest BCUT2D eigenvalue weighted by Gasteiger charge is 2.14. The predicted molar refractivity (Wildman–Crippen MR) is 102 cm³/mol. The van der Waals surface area contributed by atoms with Gasteiger partial charge in [-0.05, 0) is 36.2 Å². The monoisotopic (exact) mass is 350 g/mol. The molecule has 5 heteroatoms. The van der Waals surface area contributed by atoms with Gasteiger partial charge in [0.05, 0.1) is 32.2 Å². The molecule has 2 aromatic carbocycles. The lowest BCUT2D eigenvalue weighted by Gasteiger charge is -2.17. The van der Waals surface area contributed by atoms with E-state index in [1.807, 2.05) is 55.5 Å². The molecule has 0 fully saturated rings. The van der Waals surface area contributed by atoms with Crippen molar-refractivity contribution in [2.75, 3.05) is 14.2 Å². The number of aromatic nitrogens is 1. The Balaban J connectivity index is 1.73. The molecule has 1 heterocycles. The summed E-state index contributed by atoms with van der Waals surface area (Å²) in [5.41, 5.74) is 2.73. The smallest absolute Gasteiger partial charge is 0.224 e. The molecular formula is C21H22N2O3. The van der Waals surface area contributed by atoms with E-state index < -0.39 is 0 Å². The van der Waals surface area contributed by atoms with Gasteiger partial charge in [-0.15, -0.1) is 0 Å². The van der Waals surface area contributed by atoms with Crippen LogP contribution in [0.25, 0.3) is 10.9 Å². The first kappa shape index (κ1) is 17.7. The SMILES string of the molecule is COc1ccc(C(C)NC(=O)Cc2cccc3cccnc23)cc1OC. The van der Waals surface area contributed by atoms with Crippen LogP contribution in [0, 0.1) is 0 Å². The number of para-hydroxylation sites is 1. The third-order valence-electron chi connectivity index (χ3n) is 4.35. The van der Waals surface area contributed by atoms with Gasteiger partial charge in [0, 0.05) is 11.6 Å². The molecule has 5 nitrogen and oxygen atoms in total. The van der Waals surface area contributed by atoms with Crippen LogP contribution in [0.4, 0.5) is 0 Å². The molecule has 0 radical (unpaired) electrons. The van der Waals surface area contributed by atoms with E-state index in [0.29, 0.717) is 11.5 Å². The lowest BCUT2D eigenvalue weighted by Crippen LogP contribution is -2.28. The molecule has 0 aliphatic heterocycles. The molecule has 3 rings (SSSR count). The molecule has 0 aliphatic rings. The second-order valence-electron chi connectivity index (χ2n) is 6.07. The van der Waals surface area contributed by atoms with Crippen molar-refractivity contribution < 1.29 is 14.3 Å². The van der Waals surface area contributed by atoms with E-state index in [9.17, 15) is 4.79 Å². The van der Waals surface area contributed by atoms with E-state index in [4.69, 9.17) is 9.47 Å². The first-order valence-corrected chi connectivity index (χ1v) is 8.46. The van der Waals surface area contributed by atoms with Gasteiger partial charge >= 0.3 is 0 Å². The van der Waals surface area contributed by atoms with Crippen LogP contribution in [0.2, 0.25) is 0 Å². The molecule has 0 spiro atoms. The van der Waals surface area contributed by atoms with Gasteiger partial charge < -0.3 is 14.8 Å². The fourth-order valence-corrected chi connectivity index (χ4v) is 2.98. The number of hydrogen-bond donors (Lipinski definition) is 1. The van der Waals surface area contributed by atoms with Crippen LogP contribution in [0.3, 0.4) is 0 Å². The minimum Gasteiger partial charge on any atom is -0.493 e. The first-order chi connectivity index (χ1) is 12.6. The number of carbonyl (C=O) groups excluding carboxylic acids is 1. The molecule has 0 bridgehead atoms. The first-order valence-electron chi connectivity index (χ1n) is 8.46. The number of benzene rings is 2. The van der Waals surface area contributed by atoms with E-state index in [1.165, 1.54) is 0 Å². The summed E-state index contributed by atoms with van der Waals surface area (Å²) in [6.07, 6.45) is 2.03. The zero-order valence-electron chi connectivity index (χ0n) is 15.2. The summed E-state index contributed by atoms with van der Waals surface area (Å²) in [5.74, 6) is 1.26. The van der Waals surface area contributed by atoms with Crippen LogP contribution >= 0.6 is 0 Å². The summed E-state index contributed by atoms with van der Waals surface area (Å²) < 4.78 is 10.6. The van der Waals surface area contributed by atoms with Crippen molar-refractivity contribution >= 4 is 16.8 Å². The second-order valence-corrected chi connectivity index (χ2v) is 6.07. The van der Waals surface area contributed by atoms with Gasteiger partial charge in [-0.3, -0.25) is 9.78 Å². The number of nitrogens with one attached hydrogen (secondary N) is 1. The van der Waals surface area contributed by atoms with E-state index in [1.54, 1.807) is 20.4 Å². The quantitative estimate of drug-likeness (QED) is 0.737.